The Labute approximate surface area is 130 Å². The van der Waals surface area contributed by atoms with Gasteiger partial charge in [0.25, 0.3) is 0 Å². The van der Waals surface area contributed by atoms with Gasteiger partial charge >= 0.3 is 0 Å². The summed E-state index contributed by atoms with van der Waals surface area (Å²) in [5.74, 6) is 0. The molecular formula is C12H22O11. The van der Waals surface area contributed by atoms with Crippen LogP contribution in [-0.2, 0) is 14.2 Å². The number of hydrogen-bond donors (Lipinski definition) is 8. The van der Waals surface area contributed by atoms with Gasteiger partial charge in [-0.1, -0.05) is 0 Å². The molecule has 0 aromatic carbocycles. The topological polar surface area (TPSA) is 190 Å². The molecule has 8 N–H and O–H groups in total. The Bertz CT molecular complexity index is 380. The SMILES string of the molecule is OCC1OC(OC2C(O)OC(CO)C(O)C2O)C(O)C(O)C1O. The van der Waals surface area contributed by atoms with Crippen LogP contribution in [0.5, 0.6) is 0 Å². The molecule has 0 aliphatic carbocycles. The highest BCUT2D eigenvalue weighted by molar-refractivity contribution is 4.93. The highest BCUT2D eigenvalue weighted by atomic mass is 16.7. The molecule has 2 heterocycles. The lowest BCUT2D eigenvalue weighted by Crippen LogP contribution is -2.64. The zero-order chi connectivity index (χ0) is 17.3. The number of ether oxygens (including phenoxy) is 3. The second kappa shape index (κ2) is 7.63. The van der Waals surface area contributed by atoms with Crippen molar-refractivity contribution in [3.05, 3.63) is 0 Å². The van der Waals surface area contributed by atoms with Crippen molar-refractivity contribution >= 4 is 0 Å². The van der Waals surface area contributed by atoms with Crippen molar-refractivity contribution in [3.8, 4) is 0 Å². The summed E-state index contributed by atoms with van der Waals surface area (Å²) in [6, 6.07) is 0. The molecule has 136 valence electrons. The van der Waals surface area contributed by atoms with Crippen molar-refractivity contribution in [1.29, 1.82) is 0 Å². The van der Waals surface area contributed by atoms with Gasteiger partial charge in [-0.25, -0.2) is 0 Å². The van der Waals surface area contributed by atoms with Gasteiger partial charge in [0.15, 0.2) is 12.6 Å². The molecule has 10 unspecified atom stereocenters. The lowest BCUT2D eigenvalue weighted by molar-refractivity contribution is -0.361. The van der Waals surface area contributed by atoms with E-state index in [0.717, 1.165) is 0 Å². The lowest BCUT2D eigenvalue weighted by Gasteiger charge is -2.44. The van der Waals surface area contributed by atoms with Gasteiger partial charge in [0.05, 0.1) is 13.2 Å². The zero-order valence-corrected chi connectivity index (χ0v) is 12.0. The fourth-order valence-corrected chi connectivity index (χ4v) is 2.55. The molecule has 2 saturated heterocycles. The minimum absolute atomic E-state index is 0.651. The summed E-state index contributed by atoms with van der Waals surface area (Å²) in [5, 5.41) is 76.7. The van der Waals surface area contributed by atoms with E-state index in [0.29, 0.717) is 0 Å². The van der Waals surface area contributed by atoms with E-state index >= 15 is 0 Å². The minimum Gasteiger partial charge on any atom is -0.394 e. The Morgan fingerprint density at radius 2 is 1.17 bits per heavy atom. The Morgan fingerprint density at radius 3 is 1.74 bits per heavy atom. The first kappa shape index (κ1) is 18.9. The van der Waals surface area contributed by atoms with Crippen LogP contribution in [0.1, 0.15) is 0 Å². The normalized spacial score (nSPS) is 51.7. The molecule has 11 nitrogen and oxygen atoms in total. The Kier molecular flexibility index (Phi) is 6.27. The molecule has 10 atom stereocenters. The average Bonchev–Trinajstić information content (AvgIpc) is 2.54. The summed E-state index contributed by atoms with van der Waals surface area (Å²) in [7, 11) is 0. The van der Waals surface area contributed by atoms with Crippen molar-refractivity contribution in [2.45, 2.75) is 61.4 Å². The summed E-state index contributed by atoms with van der Waals surface area (Å²) in [6.45, 7) is -1.33. The predicted molar refractivity (Wildman–Crippen MR) is 68.6 cm³/mol. The highest BCUT2D eigenvalue weighted by Gasteiger charge is 2.50. The van der Waals surface area contributed by atoms with E-state index in [-0.39, 0.29) is 0 Å². The second-order valence-electron chi connectivity index (χ2n) is 5.53. The van der Waals surface area contributed by atoms with Crippen molar-refractivity contribution in [3.63, 3.8) is 0 Å². The van der Waals surface area contributed by atoms with Crippen molar-refractivity contribution in [2.24, 2.45) is 0 Å². The molecular weight excluding hydrogens is 320 g/mol. The summed E-state index contributed by atoms with van der Waals surface area (Å²) in [4.78, 5) is 0. The molecule has 0 aromatic rings. The predicted octanol–water partition coefficient (Wildman–Crippen LogP) is -5.40. The smallest absolute Gasteiger partial charge is 0.187 e. The third kappa shape index (κ3) is 3.65. The van der Waals surface area contributed by atoms with E-state index in [2.05, 4.69) is 0 Å². The lowest BCUT2D eigenvalue weighted by atomic mass is 9.97. The van der Waals surface area contributed by atoms with Gasteiger partial charge in [0.2, 0.25) is 0 Å². The molecule has 0 saturated carbocycles. The monoisotopic (exact) mass is 342 g/mol. The molecule has 2 aliphatic heterocycles. The van der Waals surface area contributed by atoms with Crippen LogP contribution in [0.3, 0.4) is 0 Å². The summed E-state index contributed by atoms with van der Waals surface area (Å²) in [5.41, 5.74) is 0. The standard InChI is InChI=1S/C12H22O11/c13-1-3-6(16)8(18)10(11(20)21-3)23-12-9(19)7(17)5(15)4(2-14)22-12/h3-20H,1-2H2. The van der Waals surface area contributed by atoms with Crippen LogP contribution in [0.25, 0.3) is 0 Å². The second-order valence-corrected chi connectivity index (χ2v) is 5.53. The number of hydrogen-bond acceptors (Lipinski definition) is 11. The fraction of sp³-hybridized carbons (Fsp3) is 1.00. The number of aliphatic hydroxyl groups excluding tert-OH is 8. The fourth-order valence-electron chi connectivity index (χ4n) is 2.55. The first-order chi connectivity index (χ1) is 10.8. The summed E-state index contributed by atoms with van der Waals surface area (Å²) in [6.07, 6.45) is -15.6. The van der Waals surface area contributed by atoms with Crippen LogP contribution < -0.4 is 0 Å². The Balaban J connectivity index is 2.08. The Morgan fingerprint density at radius 1 is 0.652 bits per heavy atom. The van der Waals surface area contributed by atoms with Crippen LogP contribution in [0.2, 0.25) is 0 Å². The molecule has 2 fully saturated rings. The maximum atomic E-state index is 9.94. The van der Waals surface area contributed by atoms with Gasteiger partial charge in [0, 0.05) is 0 Å². The zero-order valence-electron chi connectivity index (χ0n) is 12.0. The molecule has 23 heavy (non-hydrogen) atoms. The van der Waals surface area contributed by atoms with E-state index in [4.69, 9.17) is 24.4 Å². The number of rotatable bonds is 4. The summed E-state index contributed by atoms with van der Waals surface area (Å²) < 4.78 is 15.1. The van der Waals surface area contributed by atoms with Gasteiger partial charge < -0.3 is 55.1 Å². The molecule has 0 bridgehead atoms. The van der Waals surface area contributed by atoms with Gasteiger partial charge in [-0.2, -0.15) is 0 Å². The minimum atomic E-state index is -1.75. The van der Waals surface area contributed by atoms with E-state index in [9.17, 15) is 30.6 Å². The van der Waals surface area contributed by atoms with Gasteiger partial charge in [-0.05, 0) is 0 Å². The first-order valence-electron chi connectivity index (χ1n) is 7.08. The molecule has 0 spiro atoms. The molecule has 2 aliphatic rings. The average molecular weight is 342 g/mol. The molecule has 0 amide bonds. The van der Waals surface area contributed by atoms with Crippen LogP contribution >= 0.6 is 0 Å². The third-order valence-electron chi connectivity index (χ3n) is 3.98. The highest BCUT2D eigenvalue weighted by Crippen LogP contribution is 2.28. The van der Waals surface area contributed by atoms with Crippen molar-refractivity contribution < 1.29 is 55.1 Å². The van der Waals surface area contributed by atoms with Crippen LogP contribution in [0.15, 0.2) is 0 Å². The maximum Gasteiger partial charge on any atom is 0.187 e. The van der Waals surface area contributed by atoms with Crippen molar-refractivity contribution in [1.82, 2.24) is 0 Å². The van der Waals surface area contributed by atoms with E-state index in [1.54, 1.807) is 0 Å². The van der Waals surface area contributed by atoms with E-state index < -0.39 is 74.6 Å². The molecule has 2 rings (SSSR count). The molecule has 0 radical (unpaired) electrons. The van der Waals surface area contributed by atoms with Crippen LogP contribution in [0.4, 0.5) is 0 Å². The van der Waals surface area contributed by atoms with Crippen LogP contribution in [-0.4, -0.2) is 115 Å². The van der Waals surface area contributed by atoms with Crippen LogP contribution in [0, 0.1) is 0 Å². The summed E-state index contributed by atoms with van der Waals surface area (Å²) >= 11 is 0. The van der Waals surface area contributed by atoms with Gasteiger partial charge in [-0.3, -0.25) is 0 Å². The van der Waals surface area contributed by atoms with Gasteiger partial charge in [-0.15, -0.1) is 0 Å². The quantitative estimate of drug-likeness (QED) is 0.243. The van der Waals surface area contributed by atoms with E-state index in [1.165, 1.54) is 0 Å². The maximum absolute atomic E-state index is 9.94. The largest absolute Gasteiger partial charge is 0.394 e. The number of aliphatic hydroxyl groups is 8. The Hall–Kier alpha value is -0.440. The first-order valence-corrected chi connectivity index (χ1v) is 7.08. The van der Waals surface area contributed by atoms with Crippen molar-refractivity contribution in [2.75, 3.05) is 13.2 Å². The van der Waals surface area contributed by atoms with Gasteiger partial charge in [0.1, 0.15) is 48.8 Å². The molecule has 11 heteroatoms. The van der Waals surface area contributed by atoms with E-state index in [1.807, 2.05) is 0 Å². The molecule has 0 aromatic heterocycles. The third-order valence-corrected chi connectivity index (χ3v) is 3.98.